The minimum Gasteiger partial charge on any atom is -0.492 e. The van der Waals surface area contributed by atoms with Gasteiger partial charge >= 0.3 is 6.18 Å². The molecule has 0 unspecified atom stereocenters. The molecule has 20 heavy (non-hydrogen) atoms. The highest BCUT2D eigenvalue weighted by molar-refractivity contribution is 9.11. The summed E-state index contributed by atoms with van der Waals surface area (Å²) in [4.78, 5) is 0. The van der Waals surface area contributed by atoms with Gasteiger partial charge in [0, 0.05) is 6.54 Å². The van der Waals surface area contributed by atoms with Crippen molar-refractivity contribution in [3.63, 3.8) is 0 Å². The molecule has 0 saturated heterocycles. The van der Waals surface area contributed by atoms with Gasteiger partial charge in [0.2, 0.25) is 0 Å². The maximum atomic E-state index is 12.8. The SMILES string of the molecule is CCOc1c(Br)cc(CNC2(C(F)(F)F)CC2)cc1Br. The summed E-state index contributed by atoms with van der Waals surface area (Å²) in [5.41, 5.74) is -0.924. The third-order valence-electron chi connectivity index (χ3n) is 3.27. The summed E-state index contributed by atoms with van der Waals surface area (Å²) < 4.78 is 45.4. The smallest absolute Gasteiger partial charge is 0.406 e. The van der Waals surface area contributed by atoms with Crippen LogP contribution in [0.5, 0.6) is 5.75 Å². The molecular formula is C13H14Br2F3NO. The molecule has 1 N–H and O–H groups in total. The largest absolute Gasteiger partial charge is 0.492 e. The van der Waals surface area contributed by atoms with Gasteiger partial charge in [0.15, 0.2) is 0 Å². The van der Waals surface area contributed by atoms with Crippen LogP contribution >= 0.6 is 31.9 Å². The normalized spacial score (nSPS) is 17.1. The van der Waals surface area contributed by atoms with Gasteiger partial charge in [-0.1, -0.05) is 0 Å². The number of rotatable bonds is 5. The summed E-state index contributed by atoms with van der Waals surface area (Å²) >= 11 is 6.74. The van der Waals surface area contributed by atoms with Crippen LogP contribution in [-0.2, 0) is 6.54 Å². The van der Waals surface area contributed by atoms with Crippen LogP contribution < -0.4 is 10.1 Å². The highest BCUT2D eigenvalue weighted by atomic mass is 79.9. The zero-order valence-corrected chi connectivity index (χ0v) is 14.0. The average Bonchev–Trinajstić information content (AvgIpc) is 3.12. The molecule has 0 heterocycles. The minimum atomic E-state index is -4.19. The molecular weight excluding hydrogens is 403 g/mol. The van der Waals surface area contributed by atoms with E-state index in [-0.39, 0.29) is 19.4 Å². The molecule has 0 atom stereocenters. The van der Waals surface area contributed by atoms with Crippen molar-refractivity contribution in [1.29, 1.82) is 0 Å². The van der Waals surface area contributed by atoms with Crippen molar-refractivity contribution in [3.8, 4) is 5.75 Å². The van der Waals surface area contributed by atoms with Crippen molar-refractivity contribution in [2.24, 2.45) is 0 Å². The summed E-state index contributed by atoms with van der Waals surface area (Å²) in [6.07, 6.45) is -3.89. The molecule has 0 aliphatic heterocycles. The first-order valence-corrected chi connectivity index (χ1v) is 7.80. The molecule has 1 aliphatic carbocycles. The molecule has 0 aromatic heterocycles. The van der Waals surface area contributed by atoms with E-state index in [1.54, 1.807) is 12.1 Å². The summed E-state index contributed by atoms with van der Waals surface area (Å²) in [7, 11) is 0. The van der Waals surface area contributed by atoms with Crippen molar-refractivity contribution < 1.29 is 17.9 Å². The van der Waals surface area contributed by atoms with Gasteiger partial charge in [-0.15, -0.1) is 0 Å². The molecule has 1 fully saturated rings. The van der Waals surface area contributed by atoms with Crippen molar-refractivity contribution in [2.75, 3.05) is 6.61 Å². The quantitative estimate of drug-likeness (QED) is 0.744. The van der Waals surface area contributed by atoms with E-state index in [0.29, 0.717) is 12.4 Å². The molecule has 2 rings (SSSR count). The fraction of sp³-hybridized carbons (Fsp3) is 0.538. The lowest BCUT2D eigenvalue weighted by Crippen LogP contribution is -2.44. The third-order valence-corrected chi connectivity index (χ3v) is 4.45. The molecule has 0 bridgehead atoms. The highest BCUT2D eigenvalue weighted by Crippen LogP contribution is 2.49. The Bertz CT molecular complexity index is 478. The Morgan fingerprint density at radius 2 is 1.80 bits per heavy atom. The van der Waals surface area contributed by atoms with E-state index in [0.717, 1.165) is 14.5 Å². The number of hydrogen-bond donors (Lipinski definition) is 1. The van der Waals surface area contributed by atoms with Gasteiger partial charge in [-0.05, 0) is 69.3 Å². The van der Waals surface area contributed by atoms with Gasteiger partial charge in [0.25, 0.3) is 0 Å². The second kappa shape index (κ2) is 5.85. The van der Waals surface area contributed by atoms with Gasteiger partial charge in [-0.2, -0.15) is 13.2 Å². The van der Waals surface area contributed by atoms with Gasteiger partial charge in [-0.25, -0.2) is 0 Å². The number of ether oxygens (including phenoxy) is 1. The minimum absolute atomic E-state index is 0.149. The van der Waals surface area contributed by atoms with Crippen LogP contribution in [0.2, 0.25) is 0 Å². The van der Waals surface area contributed by atoms with E-state index in [4.69, 9.17) is 4.74 Å². The topological polar surface area (TPSA) is 21.3 Å². The van der Waals surface area contributed by atoms with Gasteiger partial charge in [0.05, 0.1) is 15.6 Å². The van der Waals surface area contributed by atoms with E-state index in [1.165, 1.54) is 0 Å². The lowest BCUT2D eigenvalue weighted by atomic mass is 10.2. The lowest BCUT2D eigenvalue weighted by Gasteiger charge is -2.21. The fourth-order valence-corrected chi connectivity index (χ4v) is 3.46. The zero-order valence-electron chi connectivity index (χ0n) is 10.8. The Morgan fingerprint density at radius 3 is 2.20 bits per heavy atom. The molecule has 0 amide bonds. The predicted octanol–water partition coefficient (Wildman–Crippen LogP) is 4.79. The molecule has 2 nitrogen and oxygen atoms in total. The van der Waals surface area contributed by atoms with Crippen molar-refractivity contribution in [1.82, 2.24) is 5.32 Å². The Hall–Kier alpha value is -0.270. The number of halogens is 5. The Labute approximate surface area is 132 Å². The number of alkyl halides is 3. The first kappa shape index (κ1) is 16.1. The maximum absolute atomic E-state index is 12.8. The summed E-state index contributed by atoms with van der Waals surface area (Å²) in [6.45, 7) is 2.56. The maximum Gasteiger partial charge on any atom is 0.406 e. The molecule has 112 valence electrons. The van der Waals surface area contributed by atoms with Crippen LogP contribution in [-0.4, -0.2) is 18.3 Å². The van der Waals surface area contributed by atoms with Crippen molar-refractivity contribution in [3.05, 3.63) is 26.6 Å². The van der Waals surface area contributed by atoms with Crippen molar-refractivity contribution >= 4 is 31.9 Å². The third kappa shape index (κ3) is 3.31. The summed E-state index contributed by atoms with van der Waals surface area (Å²) in [5, 5.41) is 2.62. The number of nitrogens with one attached hydrogen (secondary N) is 1. The Kier molecular flexibility index (Phi) is 4.71. The monoisotopic (exact) mass is 415 g/mol. The number of hydrogen-bond acceptors (Lipinski definition) is 2. The molecule has 0 radical (unpaired) electrons. The molecule has 1 saturated carbocycles. The average molecular weight is 417 g/mol. The van der Waals surface area contributed by atoms with Crippen LogP contribution in [0, 0.1) is 0 Å². The lowest BCUT2D eigenvalue weighted by molar-refractivity contribution is -0.166. The van der Waals surface area contributed by atoms with E-state index in [9.17, 15) is 13.2 Å². The molecule has 0 spiro atoms. The zero-order chi connectivity index (χ0) is 15.0. The van der Waals surface area contributed by atoms with Gasteiger partial charge < -0.3 is 4.74 Å². The Balaban J connectivity index is 2.08. The second-order valence-electron chi connectivity index (χ2n) is 4.76. The second-order valence-corrected chi connectivity index (χ2v) is 6.46. The molecule has 1 aliphatic rings. The van der Waals surface area contributed by atoms with E-state index < -0.39 is 11.7 Å². The summed E-state index contributed by atoms with van der Waals surface area (Å²) in [5.74, 6) is 0.660. The van der Waals surface area contributed by atoms with Crippen LogP contribution in [0.1, 0.15) is 25.3 Å². The van der Waals surface area contributed by atoms with E-state index in [2.05, 4.69) is 37.2 Å². The van der Waals surface area contributed by atoms with Crippen LogP contribution in [0.25, 0.3) is 0 Å². The fourth-order valence-electron chi connectivity index (χ4n) is 1.95. The molecule has 7 heteroatoms. The van der Waals surface area contributed by atoms with Crippen LogP contribution in [0.4, 0.5) is 13.2 Å². The standard InChI is InChI=1S/C13H14Br2F3NO/c1-2-20-11-9(14)5-8(6-10(11)15)7-19-12(3-4-12)13(16,17)18/h5-6,19H,2-4,7H2,1H3. The van der Waals surface area contributed by atoms with Gasteiger partial charge in [0.1, 0.15) is 11.3 Å². The van der Waals surface area contributed by atoms with E-state index in [1.807, 2.05) is 6.92 Å². The Morgan fingerprint density at radius 1 is 1.25 bits per heavy atom. The predicted molar refractivity (Wildman–Crippen MR) is 77.9 cm³/mol. The van der Waals surface area contributed by atoms with Crippen molar-refractivity contribution in [2.45, 2.75) is 38.0 Å². The number of benzene rings is 1. The van der Waals surface area contributed by atoms with E-state index >= 15 is 0 Å². The highest BCUT2D eigenvalue weighted by Gasteiger charge is 2.62. The van der Waals surface area contributed by atoms with Crippen LogP contribution in [0.3, 0.4) is 0 Å². The van der Waals surface area contributed by atoms with Crippen LogP contribution in [0.15, 0.2) is 21.1 Å². The first-order chi connectivity index (χ1) is 9.29. The molecule has 1 aromatic carbocycles. The van der Waals surface area contributed by atoms with Gasteiger partial charge in [-0.3, -0.25) is 5.32 Å². The molecule has 1 aromatic rings. The first-order valence-electron chi connectivity index (χ1n) is 6.21. The summed E-state index contributed by atoms with van der Waals surface area (Å²) in [6, 6.07) is 3.55.